The number of nitrogens with one attached hydrogen (secondary N) is 1. The Morgan fingerprint density at radius 3 is 3.00 bits per heavy atom. The van der Waals surface area contributed by atoms with Gasteiger partial charge < -0.3 is 20.5 Å². The van der Waals surface area contributed by atoms with Crippen molar-refractivity contribution in [1.82, 2.24) is 5.32 Å². The van der Waals surface area contributed by atoms with Crippen LogP contribution in [0.2, 0.25) is 0 Å². The van der Waals surface area contributed by atoms with E-state index in [0.717, 1.165) is 23.3 Å². The van der Waals surface area contributed by atoms with E-state index in [-0.39, 0.29) is 17.6 Å². The molecule has 0 amide bonds. The van der Waals surface area contributed by atoms with E-state index in [1.54, 1.807) is 6.07 Å². The quantitative estimate of drug-likeness (QED) is 0.647. The number of fused-ring (bicyclic) bond motifs is 1. The van der Waals surface area contributed by atoms with Crippen molar-refractivity contribution in [3.05, 3.63) is 59.4 Å². The molecule has 0 spiro atoms. The highest BCUT2D eigenvalue weighted by atomic mass is 19.1. The summed E-state index contributed by atoms with van der Waals surface area (Å²) >= 11 is 0. The number of hydrogen-bond donors (Lipinski definition) is 2. The van der Waals surface area contributed by atoms with E-state index in [1.807, 2.05) is 30.3 Å². The topological polar surface area (TPSA) is 68.9 Å². The largest absolute Gasteiger partial charge is 0.494 e. The van der Waals surface area contributed by atoms with Crippen LogP contribution in [-0.2, 0) is 6.42 Å². The maximum Gasteiger partial charge on any atom is 0.189 e. The molecule has 0 fully saturated rings. The van der Waals surface area contributed by atoms with Crippen molar-refractivity contribution in [2.24, 2.45) is 10.7 Å². The summed E-state index contributed by atoms with van der Waals surface area (Å²) in [6.07, 6.45) is 1.44. The maximum absolute atomic E-state index is 13.7. The van der Waals surface area contributed by atoms with Gasteiger partial charge in [0.1, 0.15) is 5.75 Å². The standard InChI is InChI=1S/C19H22FN3O2/c1-24-18-7-6-13(12-15(18)20)8-10-22-19(21)23-16-9-11-25-17-5-3-2-4-14(16)17/h2-7,12,16H,8-11H2,1H3,(H3,21,22,23). The molecule has 1 aliphatic rings. The first-order valence-corrected chi connectivity index (χ1v) is 8.28. The Balaban J connectivity index is 1.57. The lowest BCUT2D eigenvalue weighted by Crippen LogP contribution is -2.37. The summed E-state index contributed by atoms with van der Waals surface area (Å²) in [7, 11) is 1.45. The van der Waals surface area contributed by atoms with Crippen molar-refractivity contribution < 1.29 is 13.9 Å². The van der Waals surface area contributed by atoms with Gasteiger partial charge in [-0.15, -0.1) is 0 Å². The summed E-state index contributed by atoms with van der Waals surface area (Å²) in [5.74, 6) is 1.14. The maximum atomic E-state index is 13.7. The van der Waals surface area contributed by atoms with Crippen LogP contribution in [0.25, 0.3) is 0 Å². The molecule has 3 N–H and O–H groups in total. The number of benzene rings is 2. The third-order valence-corrected chi connectivity index (χ3v) is 4.18. The van der Waals surface area contributed by atoms with E-state index < -0.39 is 0 Å². The summed E-state index contributed by atoms with van der Waals surface area (Å²) in [4.78, 5) is 4.35. The minimum atomic E-state index is -0.367. The lowest BCUT2D eigenvalue weighted by Gasteiger charge is -2.26. The average Bonchev–Trinajstić information content (AvgIpc) is 2.62. The van der Waals surface area contributed by atoms with Gasteiger partial charge in [-0.2, -0.15) is 0 Å². The van der Waals surface area contributed by atoms with Gasteiger partial charge in [-0.05, 0) is 30.2 Å². The SMILES string of the molecule is COc1ccc(CCN=C(N)NC2CCOc3ccccc32)cc1F. The molecule has 0 bridgehead atoms. The van der Waals surface area contributed by atoms with Crippen molar-refractivity contribution >= 4 is 5.96 Å². The number of guanidine groups is 1. The van der Waals surface area contributed by atoms with Gasteiger partial charge in [0.25, 0.3) is 0 Å². The van der Waals surface area contributed by atoms with Gasteiger partial charge in [-0.25, -0.2) is 4.39 Å². The Labute approximate surface area is 146 Å². The molecule has 2 aromatic rings. The number of nitrogens with two attached hydrogens (primary N) is 1. The molecule has 0 saturated carbocycles. The second-order valence-corrected chi connectivity index (χ2v) is 5.86. The van der Waals surface area contributed by atoms with Crippen LogP contribution >= 0.6 is 0 Å². The minimum absolute atomic E-state index is 0.0899. The first kappa shape index (κ1) is 17.1. The third kappa shape index (κ3) is 4.21. The Hall–Kier alpha value is -2.76. The number of halogens is 1. The molecule has 1 unspecified atom stereocenters. The molecule has 6 heteroatoms. The molecule has 25 heavy (non-hydrogen) atoms. The van der Waals surface area contributed by atoms with Crippen LogP contribution in [0.15, 0.2) is 47.5 Å². The minimum Gasteiger partial charge on any atom is -0.494 e. The Morgan fingerprint density at radius 1 is 1.36 bits per heavy atom. The molecule has 0 radical (unpaired) electrons. The first-order chi connectivity index (χ1) is 12.2. The zero-order valence-electron chi connectivity index (χ0n) is 14.2. The molecular weight excluding hydrogens is 321 g/mol. The summed E-state index contributed by atoms with van der Waals surface area (Å²) in [6, 6.07) is 12.9. The third-order valence-electron chi connectivity index (χ3n) is 4.18. The van der Waals surface area contributed by atoms with Gasteiger partial charge in [-0.3, -0.25) is 4.99 Å². The van der Waals surface area contributed by atoms with E-state index in [9.17, 15) is 4.39 Å². The fourth-order valence-corrected chi connectivity index (χ4v) is 2.89. The number of rotatable bonds is 5. The Kier molecular flexibility index (Phi) is 5.38. The summed E-state index contributed by atoms with van der Waals surface area (Å²) in [5.41, 5.74) is 7.95. The number of hydrogen-bond acceptors (Lipinski definition) is 3. The van der Waals surface area contributed by atoms with Crippen LogP contribution in [0, 0.1) is 5.82 Å². The Bertz CT molecular complexity index is 764. The molecule has 5 nitrogen and oxygen atoms in total. The first-order valence-electron chi connectivity index (χ1n) is 8.28. The van der Waals surface area contributed by atoms with E-state index >= 15 is 0 Å². The van der Waals surface area contributed by atoms with Crippen LogP contribution < -0.4 is 20.5 Å². The van der Waals surface area contributed by atoms with Gasteiger partial charge in [0.15, 0.2) is 17.5 Å². The molecule has 1 heterocycles. The van der Waals surface area contributed by atoms with Crippen molar-refractivity contribution in [3.63, 3.8) is 0 Å². The number of nitrogens with zero attached hydrogens (tertiary/aromatic N) is 1. The number of para-hydroxylation sites is 1. The van der Waals surface area contributed by atoms with Crippen LogP contribution in [-0.4, -0.2) is 26.2 Å². The van der Waals surface area contributed by atoms with Crippen LogP contribution in [0.4, 0.5) is 4.39 Å². The number of ether oxygens (including phenoxy) is 2. The van der Waals surface area contributed by atoms with Crippen LogP contribution in [0.1, 0.15) is 23.6 Å². The van der Waals surface area contributed by atoms with E-state index in [0.29, 0.717) is 25.5 Å². The molecule has 2 aromatic carbocycles. The highest BCUT2D eigenvalue weighted by molar-refractivity contribution is 5.78. The summed E-state index contributed by atoms with van der Waals surface area (Å²) in [6.45, 7) is 1.13. The lowest BCUT2D eigenvalue weighted by molar-refractivity contribution is 0.262. The fourth-order valence-electron chi connectivity index (χ4n) is 2.89. The highest BCUT2D eigenvalue weighted by Crippen LogP contribution is 2.31. The molecule has 3 rings (SSSR count). The molecule has 0 saturated heterocycles. The Morgan fingerprint density at radius 2 is 2.20 bits per heavy atom. The van der Waals surface area contributed by atoms with E-state index in [1.165, 1.54) is 13.2 Å². The average molecular weight is 343 g/mol. The lowest BCUT2D eigenvalue weighted by atomic mass is 10.0. The molecule has 1 atom stereocenters. The summed E-state index contributed by atoms with van der Waals surface area (Å²) < 4.78 is 24.2. The van der Waals surface area contributed by atoms with E-state index in [2.05, 4.69) is 10.3 Å². The second kappa shape index (κ2) is 7.88. The van der Waals surface area contributed by atoms with Gasteiger partial charge in [-0.1, -0.05) is 24.3 Å². The van der Waals surface area contributed by atoms with Gasteiger partial charge in [0.2, 0.25) is 0 Å². The van der Waals surface area contributed by atoms with Gasteiger partial charge in [0, 0.05) is 18.5 Å². The monoisotopic (exact) mass is 343 g/mol. The normalized spacial score (nSPS) is 16.7. The molecular formula is C19H22FN3O2. The number of methoxy groups -OCH3 is 1. The smallest absolute Gasteiger partial charge is 0.189 e. The van der Waals surface area contributed by atoms with Crippen LogP contribution in [0.3, 0.4) is 0 Å². The van der Waals surface area contributed by atoms with E-state index in [4.69, 9.17) is 15.2 Å². The fraction of sp³-hybridized carbons (Fsp3) is 0.316. The zero-order chi connectivity index (χ0) is 17.6. The van der Waals surface area contributed by atoms with Gasteiger partial charge >= 0.3 is 0 Å². The molecule has 132 valence electrons. The van der Waals surface area contributed by atoms with Gasteiger partial charge in [0.05, 0.1) is 19.8 Å². The second-order valence-electron chi connectivity index (χ2n) is 5.86. The van der Waals surface area contributed by atoms with Crippen LogP contribution in [0.5, 0.6) is 11.5 Å². The predicted molar refractivity (Wildman–Crippen MR) is 95.6 cm³/mol. The summed E-state index contributed by atoms with van der Waals surface area (Å²) in [5, 5.41) is 3.24. The highest BCUT2D eigenvalue weighted by Gasteiger charge is 2.21. The molecule has 0 aromatic heterocycles. The molecule has 0 aliphatic carbocycles. The zero-order valence-corrected chi connectivity index (χ0v) is 14.2. The molecule has 1 aliphatic heterocycles. The van der Waals surface area contributed by atoms with Crippen molar-refractivity contribution in [2.75, 3.05) is 20.3 Å². The predicted octanol–water partition coefficient (Wildman–Crippen LogP) is 2.80. The van der Waals surface area contributed by atoms with Crippen molar-refractivity contribution in [1.29, 1.82) is 0 Å². The van der Waals surface area contributed by atoms with Crippen molar-refractivity contribution in [3.8, 4) is 11.5 Å². The van der Waals surface area contributed by atoms with Crippen molar-refractivity contribution in [2.45, 2.75) is 18.9 Å². The number of aliphatic imine (C=N–C) groups is 1.